The fourth-order valence-corrected chi connectivity index (χ4v) is 4.75. The van der Waals surface area contributed by atoms with Crippen molar-refractivity contribution in [2.75, 3.05) is 18.8 Å². The molecule has 1 aliphatic rings. The first-order valence-electron chi connectivity index (χ1n) is 6.79. The van der Waals surface area contributed by atoms with Gasteiger partial charge in [-0.1, -0.05) is 0 Å². The summed E-state index contributed by atoms with van der Waals surface area (Å²) < 4.78 is 27.0. The molecule has 0 amide bonds. The first-order valence-corrected chi connectivity index (χ1v) is 8.23. The second-order valence-electron chi connectivity index (χ2n) is 5.52. The maximum absolute atomic E-state index is 12.8. The minimum absolute atomic E-state index is 0.162. The Kier molecular flexibility index (Phi) is 4.09. The highest BCUT2D eigenvalue weighted by Gasteiger charge is 2.32. The number of nitrogen functional groups attached to an aromatic ring is 1. The highest BCUT2D eigenvalue weighted by molar-refractivity contribution is 7.89. The third kappa shape index (κ3) is 2.55. The number of rotatable bonds is 2. The average molecular weight is 298 g/mol. The minimum atomic E-state index is -3.61. The maximum atomic E-state index is 12.8. The molecule has 1 aromatic rings. The van der Waals surface area contributed by atoms with Gasteiger partial charge in [0.15, 0.2) is 0 Å². The fraction of sp³-hybridized carbons (Fsp3) is 0.571. The Bertz CT molecular complexity index is 600. The lowest BCUT2D eigenvalue weighted by Gasteiger charge is -2.30. The first kappa shape index (κ1) is 15.3. The Morgan fingerprint density at radius 2 is 1.95 bits per heavy atom. The Balaban J connectivity index is 2.55. The molecule has 0 saturated carbocycles. The highest BCUT2D eigenvalue weighted by atomic mass is 32.2. The molecule has 6 heteroatoms. The fourth-order valence-electron chi connectivity index (χ4n) is 2.70. The van der Waals surface area contributed by atoms with E-state index in [1.165, 1.54) is 4.31 Å². The summed E-state index contributed by atoms with van der Waals surface area (Å²) in [5.74, 6) is 0. The summed E-state index contributed by atoms with van der Waals surface area (Å²) in [6.45, 7) is 6.00. The zero-order valence-electron chi connectivity index (χ0n) is 12.2. The normalized spacial score (nSPS) is 21.1. The number of nitrogens with zero attached hydrogens (tertiary/aromatic N) is 1. The molecule has 0 radical (unpaired) electrons. The van der Waals surface area contributed by atoms with Gasteiger partial charge in [-0.2, -0.15) is 4.31 Å². The third-order valence-corrected chi connectivity index (χ3v) is 6.17. The molecule has 0 bridgehead atoms. The van der Waals surface area contributed by atoms with Gasteiger partial charge in [0, 0.05) is 18.8 Å². The predicted octanol–water partition coefficient (Wildman–Crippen LogP) is 1.34. The lowest BCUT2D eigenvalue weighted by molar-refractivity contribution is 0.108. The maximum Gasteiger partial charge on any atom is 0.243 e. The van der Waals surface area contributed by atoms with Gasteiger partial charge in [-0.15, -0.1) is 0 Å². The standard InChI is InChI=1S/C14H22N2O3S/c1-9-7-13(15)11(3)14(10(9)2)20(18,19)16-6-4-5-12(17)8-16/h7,12,17H,4-6,8,15H2,1-3H3. The summed E-state index contributed by atoms with van der Waals surface area (Å²) in [6, 6.07) is 1.80. The zero-order valence-corrected chi connectivity index (χ0v) is 13.0. The third-order valence-electron chi connectivity index (χ3n) is 4.03. The minimum Gasteiger partial charge on any atom is -0.398 e. The molecule has 20 heavy (non-hydrogen) atoms. The van der Waals surface area contributed by atoms with Crippen LogP contribution in [-0.2, 0) is 10.0 Å². The quantitative estimate of drug-likeness (QED) is 0.807. The van der Waals surface area contributed by atoms with Crippen molar-refractivity contribution in [2.24, 2.45) is 0 Å². The number of aliphatic hydroxyl groups is 1. The smallest absolute Gasteiger partial charge is 0.243 e. The molecule has 1 saturated heterocycles. The molecule has 1 atom stereocenters. The molecule has 1 aromatic carbocycles. The number of nitrogens with two attached hydrogens (primary N) is 1. The summed E-state index contributed by atoms with van der Waals surface area (Å²) in [5, 5.41) is 9.71. The second kappa shape index (κ2) is 5.35. The van der Waals surface area contributed by atoms with Crippen molar-refractivity contribution >= 4 is 15.7 Å². The molecule has 0 aliphatic carbocycles. The van der Waals surface area contributed by atoms with Gasteiger partial charge in [0.1, 0.15) is 0 Å². The number of hydrogen-bond donors (Lipinski definition) is 2. The van der Waals surface area contributed by atoms with E-state index in [0.717, 1.165) is 11.1 Å². The molecule has 1 fully saturated rings. The van der Waals surface area contributed by atoms with Crippen LogP contribution in [0.2, 0.25) is 0 Å². The molecule has 5 nitrogen and oxygen atoms in total. The predicted molar refractivity (Wildman–Crippen MR) is 79.1 cm³/mol. The second-order valence-corrected chi connectivity index (χ2v) is 7.40. The number of anilines is 1. The summed E-state index contributed by atoms with van der Waals surface area (Å²) in [4.78, 5) is 0.295. The van der Waals surface area contributed by atoms with Gasteiger partial charge in [-0.25, -0.2) is 8.42 Å². The van der Waals surface area contributed by atoms with Crippen LogP contribution < -0.4 is 5.73 Å². The Morgan fingerprint density at radius 1 is 1.30 bits per heavy atom. The van der Waals surface area contributed by atoms with Gasteiger partial charge in [-0.05, 0) is 56.4 Å². The van der Waals surface area contributed by atoms with Crippen molar-refractivity contribution in [2.45, 2.75) is 44.6 Å². The Labute approximate surface area is 120 Å². The topological polar surface area (TPSA) is 83.6 Å². The van der Waals surface area contributed by atoms with Crippen LogP contribution in [0.4, 0.5) is 5.69 Å². The zero-order chi connectivity index (χ0) is 15.1. The lowest BCUT2D eigenvalue weighted by Crippen LogP contribution is -2.42. The number of piperidine rings is 1. The lowest BCUT2D eigenvalue weighted by atomic mass is 10.1. The van der Waals surface area contributed by atoms with E-state index in [2.05, 4.69) is 0 Å². The Morgan fingerprint density at radius 3 is 2.55 bits per heavy atom. The van der Waals surface area contributed by atoms with Gasteiger partial charge in [0.05, 0.1) is 11.0 Å². The largest absolute Gasteiger partial charge is 0.398 e. The number of aryl methyl sites for hydroxylation is 1. The van der Waals surface area contributed by atoms with Crippen molar-refractivity contribution in [3.8, 4) is 0 Å². The molecule has 3 N–H and O–H groups in total. The summed E-state index contributed by atoms with van der Waals surface area (Å²) in [6.07, 6.45) is 0.751. The molecule has 1 heterocycles. The number of benzene rings is 1. The molecular weight excluding hydrogens is 276 g/mol. The van der Waals surface area contributed by atoms with Crippen LogP contribution in [0.15, 0.2) is 11.0 Å². The highest BCUT2D eigenvalue weighted by Crippen LogP contribution is 2.31. The van der Waals surface area contributed by atoms with E-state index in [4.69, 9.17) is 5.73 Å². The average Bonchev–Trinajstić information content (AvgIpc) is 2.36. The van der Waals surface area contributed by atoms with Crippen molar-refractivity contribution in [3.63, 3.8) is 0 Å². The summed E-state index contributed by atoms with van der Waals surface area (Å²) in [7, 11) is -3.61. The number of hydrogen-bond acceptors (Lipinski definition) is 4. The van der Waals surface area contributed by atoms with Gasteiger partial charge in [-0.3, -0.25) is 0 Å². The molecular formula is C14H22N2O3S. The molecule has 0 aromatic heterocycles. The van der Waals surface area contributed by atoms with E-state index in [1.807, 2.05) is 6.92 Å². The van der Waals surface area contributed by atoms with Crippen LogP contribution in [0.1, 0.15) is 29.5 Å². The van der Waals surface area contributed by atoms with Crippen LogP contribution in [0.25, 0.3) is 0 Å². The summed E-state index contributed by atoms with van der Waals surface area (Å²) in [5.41, 5.74) is 8.59. The molecule has 112 valence electrons. The van der Waals surface area contributed by atoms with Crippen LogP contribution in [0, 0.1) is 20.8 Å². The Hall–Kier alpha value is -1.11. The monoisotopic (exact) mass is 298 g/mol. The summed E-state index contributed by atoms with van der Waals surface area (Å²) >= 11 is 0. The number of β-amino-alcohol motifs (C(OH)–C–C–N with tert-alkyl or cyclic N) is 1. The molecule has 1 aliphatic heterocycles. The van der Waals surface area contributed by atoms with Crippen LogP contribution in [0.5, 0.6) is 0 Å². The van der Waals surface area contributed by atoms with E-state index in [-0.39, 0.29) is 6.54 Å². The van der Waals surface area contributed by atoms with Gasteiger partial charge in [0.2, 0.25) is 10.0 Å². The van der Waals surface area contributed by atoms with Gasteiger partial charge >= 0.3 is 0 Å². The van der Waals surface area contributed by atoms with E-state index in [1.54, 1.807) is 19.9 Å². The van der Waals surface area contributed by atoms with Crippen molar-refractivity contribution in [1.29, 1.82) is 0 Å². The SMILES string of the molecule is Cc1cc(N)c(C)c(S(=O)(=O)N2CCCC(O)C2)c1C. The number of sulfonamides is 1. The van der Waals surface area contributed by atoms with E-state index >= 15 is 0 Å². The van der Waals surface area contributed by atoms with Crippen molar-refractivity contribution < 1.29 is 13.5 Å². The molecule has 0 spiro atoms. The van der Waals surface area contributed by atoms with Crippen molar-refractivity contribution in [1.82, 2.24) is 4.31 Å². The van der Waals surface area contributed by atoms with Crippen LogP contribution in [0.3, 0.4) is 0 Å². The number of aliphatic hydroxyl groups excluding tert-OH is 1. The first-order chi connectivity index (χ1) is 9.25. The van der Waals surface area contributed by atoms with Gasteiger partial charge in [0.25, 0.3) is 0 Å². The van der Waals surface area contributed by atoms with Gasteiger partial charge < -0.3 is 10.8 Å². The van der Waals surface area contributed by atoms with E-state index in [9.17, 15) is 13.5 Å². The van der Waals surface area contributed by atoms with Crippen LogP contribution >= 0.6 is 0 Å². The van der Waals surface area contributed by atoms with E-state index < -0.39 is 16.1 Å². The van der Waals surface area contributed by atoms with E-state index in [0.29, 0.717) is 35.5 Å². The van der Waals surface area contributed by atoms with Crippen molar-refractivity contribution in [3.05, 3.63) is 22.8 Å². The van der Waals surface area contributed by atoms with Crippen LogP contribution in [-0.4, -0.2) is 37.0 Å². The molecule has 2 rings (SSSR count). The molecule has 1 unspecified atom stereocenters.